The smallest absolute Gasteiger partial charge is 0.322 e. The van der Waals surface area contributed by atoms with E-state index in [0.29, 0.717) is 11.6 Å². The first-order valence-electron chi connectivity index (χ1n) is 5.05. The van der Waals surface area contributed by atoms with Gasteiger partial charge in [-0.25, -0.2) is 4.39 Å². The Kier molecular flexibility index (Phi) is 3.28. The molecule has 0 spiro atoms. The fourth-order valence-corrected chi connectivity index (χ4v) is 1.44. The number of alkyl halides is 1. The molecule has 0 aliphatic rings. The molecular weight excluding hydrogens is 245 g/mol. The van der Waals surface area contributed by atoms with Gasteiger partial charge in [0.05, 0.1) is 5.69 Å². The number of para-hydroxylation sites is 1. The van der Waals surface area contributed by atoms with Crippen molar-refractivity contribution in [1.29, 1.82) is 0 Å². The average molecular weight is 256 g/mol. The van der Waals surface area contributed by atoms with Crippen molar-refractivity contribution in [3.05, 3.63) is 36.0 Å². The SMILES string of the molecule is CC(Cl)c1nnc(N(C)c2ccccc2F)o1. The molecule has 0 fully saturated rings. The summed E-state index contributed by atoms with van der Waals surface area (Å²) in [6.07, 6.45) is 0. The molecule has 0 radical (unpaired) electrons. The predicted molar refractivity (Wildman–Crippen MR) is 63.0 cm³/mol. The summed E-state index contributed by atoms with van der Waals surface area (Å²) in [7, 11) is 1.65. The molecule has 0 bridgehead atoms. The third-order valence-corrected chi connectivity index (χ3v) is 2.46. The third-order valence-electron chi connectivity index (χ3n) is 2.27. The Labute approximate surface area is 103 Å². The fraction of sp³-hybridized carbons (Fsp3) is 0.273. The lowest BCUT2D eigenvalue weighted by Gasteiger charge is -2.14. The second-order valence-electron chi connectivity index (χ2n) is 3.55. The summed E-state index contributed by atoms with van der Waals surface area (Å²) in [4.78, 5) is 1.48. The van der Waals surface area contributed by atoms with Gasteiger partial charge in [-0.3, -0.25) is 4.90 Å². The van der Waals surface area contributed by atoms with Crippen molar-refractivity contribution in [3.8, 4) is 0 Å². The Bertz CT molecular complexity index is 515. The number of anilines is 2. The van der Waals surface area contributed by atoms with Gasteiger partial charge in [-0.15, -0.1) is 16.7 Å². The maximum atomic E-state index is 13.5. The highest BCUT2D eigenvalue weighted by molar-refractivity contribution is 6.20. The van der Waals surface area contributed by atoms with Crippen molar-refractivity contribution in [1.82, 2.24) is 10.2 Å². The lowest BCUT2D eigenvalue weighted by atomic mass is 10.3. The Morgan fingerprint density at radius 2 is 2.06 bits per heavy atom. The highest BCUT2D eigenvalue weighted by Gasteiger charge is 2.17. The molecule has 2 aromatic rings. The maximum absolute atomic E-state index is 13.5. The fourth-order valence-electron chi connectivity index (χ4n) is 1.35. The molecule has 0 aliphatic carbocycles. The number of hydrogen-bond acceptors (Lipinski definition) is 4. The molecule has 0 aliphatic heterocycles. The normalized spacial score (nSPS) is 12.5. The van der Waals surface area contributed by atoms with Crippen LogP contribution in [-0.2, 0) is 0 Å². The van der Waals surface area contributed by atoms with Gasteiger partial charge in [0.15, 0.2) is 0 Å². The number of rotatable bonds is 3. The lowest BCUT2D eigenvalue weighted by molar-refractivity contribution is 0.497. The van der Waals surface area contributed by atoms with Gasteiger partial charge in [-0.2, -0.15) is 0 Å². The van der Waals surface area contributed by atoms with Gasteiger partial charge in [-0.1, -0.05) is 17.2 Å². The minimum absolute atomic E-state index is 0.206. The van der Waals surface area contributed by atoms with E-state index in [1.807, 2.05) is 0 Å². The molecule has 90 valence electrons. The van der Waals surface area contributed by atoms with Gasteiger partial charge >= 0.3 is 6.01 Å². The van der Waals surface area contributed by atoms with E-state index in [-0.39, 0.29) is 17.2 Å². The van der Waals surface area contributed by atoms with Gasteiger partial charge in [0, 0.05) is 7.05 Å². The Balaban J connectivity index is 2.31. The molecule has 17 heavy (non-hydrogen) atoms. The number of benzene rings is 1. The summed E-state index contributed by atoms with van der Waals surface area (Å²) in [5, 5.41) is 7.22. The Morgan fingerprint density at radius 3 is 2.65 bits per heavy atom. The standard InChI is InChI=1S/C11H11ClFN3O/c1-7(12)10-14-15-11(17-10)16(2)9-6-4-3-5-8(9)13/h3-7H,1-2H3. The minimum atomic E-state index is -0.370. The summed E-state index contributed by atoms with van der Waals surface area (Å²) < 4.78 is 18.9. The van der Waals surface area contributed by atoms with Crippen LogP contribution in [-0.4, -0.2) is 17.2 Å². The van der Waals surface area contributed by atoms with Crippen LogP contribution < -0.4 is 4.90 Å². The molecule has 0 saturated carbocycles. The van der Waals surface area contributed by atoms with Gasteiger partial charge in [0.1, 0.15) is 11.2 Å². The largest absolute Gasteiger partial charge is 0.406 e. The molecule has 1 heterocycles. The van der Waals surface area contributed by atoms with Crippen LogP contribution >= 0.6 is 11.6 Å². The van der Waals surface area contributed by atoms with Gasteiger partial charge < -0.3 is 4.42 Å². The molecule has 0 amide bonds. The Hall–Kier alpha value is -1.62. The van der Waals surface area contributed by atoms with Crippen LogP contribution in [0.5, 0.6) is 0 Å². The molecule has 0 N–H and O–H groups in total. The van der Waals surface area contributed by atoms with Gasteiger partial charge in [0.2, 0.25) is 5.89 Å². The van der Waals surface area contributed by atoms with Gasteiger partial charge in [-0.05, 0) is 19.1 Å². The van der Waals surface area contributed by atoms with Crippen LogP contribution in [0.1, 0.15) is 18.2 Å². The summed E-state index contributed by atoms with van der Waals surface area (Å²) in [5.41, 5.74) is 0.366. The summed E-state index contributed by atoms with van der Waals surface area (Å²) in [5.74, 6) is -0.0430. The van der Waals surface area contributed by atoms with E-state index >= 15 is 0 Å². The lowest BCUT2D eigenvalue weighted by Crippen LogP contribution is -2.11. The second-order valence-corrected chi connectivity index (χ2v) is 4.20. The molecule has 0 saturated heterocycles. The molecule has 4 nitrogen and oxygen atoms in total. The predicted octanol–water partition coefficient (Wildman–Crippen LogP) is 3.28. The quantitative estimate of drug-likeness (QED) is 0.790. The van der Waals surface area contributed by atoms with Crippen LogP contribution in [0.15, 0.2) is 28.7 Å². The van der Waals surface area contributed by atoms with E-state index in [9.17, 15) is 4.39 Å². The summed E-state index contributed by atoms with van der Waals surface area (Å²) in [6.45, 7) is 1.72. The molecule has 1 aromatic heterocycles. The molecule has 2 rings (SSSR count). The average Bonchev–Trinajstić information content (AvgIpc) is 2.78. The molecule has 1 atom stereocenters. The third kappa shape index (κ3) is 2.39. The van der Waals surface area contributed by atoms with Crippen LogP contribution in [0.3, 0.4) is 0 Å². The zero-order valence-corrected chi connectivity index (χ0v) is 10.1. The number of aromatic nitrogens is 2. The van der Waals surface area contributed by atoms with Crippen molar-refractivity contribution >= 4 is 23.3 Å². The second kappa shape index (κ2) is 4.71. The monoisotopic (exact) mass is 255 g/mol. The van der Waals surface area contributed by atoms with Crippen molar-refractivity contribution in [2.45, 2.75) is 12.3 Å². The maximum Gasteiger partial charge on any atom is 0.322 e. The topological polar surface area (TPSA) is 42.2 Å². The van der Waals surface area contributed by atoms with Crippen molar-refractivity contribution in [3.63, 3.8) is 0 Å². The first-order valence-corrected chi connectivity index (χ1v) is 5.49. The highest BCUT2D eigenvalue weighted by Crippen LogP contribution is 2.27. The highest BCUT2D eigenvalue weighted by atomic mass is 35.5. The van der Waals surface area contributed by atoms with E-state index in [0.717, 1.165) is 0 Å². The van der Waals surface area contributed by atoms with Crippen LogP contribution in [0.25, 0.3) is 0 Å². The van der Waals surface area contributed by atoms with E-state index < -0.39 is 0 Å². The first kappa shape index (κ1) is 11.9. The van der Waals surface area contributed by atoms with Gasteiger partial charge in [0.25, 0.3) is 0 Å². The first-order chi connectivity index (χ1) is 8.09. The molecule has 1 aromatic carbocycles. The van der Waals surface area contributed by atoms with E-state index in [1.165, 1.54) is 11.0 Å². The number of halogens is 2. The van der Waals surface area contributed by atoms with Crippen molar-refractivity contribution < 1.29 is 8.81 Å². The molecule has 6 heteroatoms. The van der Waals surface area contributed by atoms with Crippen LogP contribution in [0, 0.1) is 5.82 Å². The number of nitrogens with zero attached hydrogens (tertiary/aromatic N) is 3. The van der Waals surface area contributed by atoms with E-state index in [4.69, 9.17) is 16.0 Å². The van der Waals surface area contributed by atoms with Crippen molar-refractivity contribution in [2.24, 2.45) is 0 Å². The van der Waals surface area contributed by atoms with Crippen LogP contribution in [0.4, 0.5) is 16.1 Å². The summed E-state index contributed by atoms with van der Waals surface area (Å²) >= 11 is 5.81. The summed E-state index contributed by atoms with van der Waals surface area (Å²) in [6, 6.07) is 6.55. The molecular formula is C11H11ClFN3O. The zero-order valence-electron chi connectivity index (χ0n) is 9.39. The molecule has 1 unspecified atom stereocenters. The minimum Gasteiger partial charge on any atom is -0.406 e. The number of hydrogen-bond donors (Lipinski definition) is 0. The van der Waals surface area contributed by atoms with E-state index in [2.05, 4.69) is 10.2 Å². The van der Waals surface area contributed by atoms with E-state index in [1.54, 1.807) is 32.2 Å². The Morgan fingerprint density at radius 1 is 1.35 bits per heavy atom. The van der Waals surface area contributed by atoms with Crippen LogP contribution in [0.2, 0.25) is 0 Å². The zero-order chi connectivity index (χ0) is 12.4. The van der Waals surface area contributed by atoms with Crippen molar-refractivity contribution in [2.75, 3.05) is 11.9 Å².